The van der Waals surface area contributed by atoms with Crippen LogP contribution in [0.2, 0.25) is 0 Å². The van der Waals surface area contributed by atoms with Gasteiger partial charge in [0.15, 0.2) is 6.54 Å². The second kappa shape index (κ2) is 12.5. The van der Waals surface area contributed by atoms with Crippen LogP contribution in [0.5, 0.6) is 0 Å². The number of carbonyl (C=O) groups excluding carboxylic acids is 2. The highest BCUT2D eigenvalue weighted by Gasteiger charge is 2.30. The van der Waals surface area contributed by atoms with Gasteiger partial charge in [-0.1, -0.05) is 42.8 Å². The van der Waals surface area contributed by atoms with Gasteiger partial charge in [0.25, 0.3) is 5.91 Å². The van der Waals surface area contributed by atoms with Crippen molar-refractivity contribution in [2.24, 2.45) is 0 Å². The van der Waals surface area contributed by atoms with Crippen molar-refractivity contribution in [1.29, 1.82) is 0 Å². The van der Waals surface area contributed by atoms with Crippen molar-refractivity contribution in [3.8, 4) is 0 Å². The van der Waals surface area contributed by atoms with Crippen molar-refractivity contribution >= 4 is 23.2 Å². The smallest absolute Gasteiger partial charge is 0.279 e. The predicted octanol–water partition coefficient (Wildman–Crippen LogP) is 5.21. The van der Waals surface area contributed by atoms with Crippen LogP contribution in [-0.4, -0.2) is 67.0 Å². The molecule has 2 amide bonds. The van der Waals surface area contributed by atoms with E-state index >= 15 is 0 Å². The Kier molecular flexibility index (Phi) is 9.69. The summed E-state index contributed by atoms with van der Waals surface area (Å²) in [6.07, 6.45) is 4.07. The van der Waals surface area contributed by atoms with Gasteiger partial charge in [-0.3, -0.25) is 14.5 Å². The molecule has 1 saturated heterocycles. The standard InChI is InChI=1S/C30H44N4O2/c1-7-34(6,21-27(35)31-28-22(2)13-10-14-23(28)3)20-12-19-33-18-9-8-17-26(33)30(36)32-29-24(4)15-11-16-25(29)5/h10-11,13-16,26H,7-9,12,17-21H2,1-6H3,(H-,31,32,35,36)/p+1/t26-,34?/m1/s1. The fourth-order valence-corrected chi connectivity index (χ4v) is 5.32. The maximum Gasteiger partial charge on any atom is 0.279 e. The molecule has 0 bridgehead atoms. The van der Waals surface area contributed by atoms with Crippen molar-refractivity contribution < 1.29 is 14.1 Å². The van der Waals surface area contributed by atoms with Crippen molar-refractivity contribution in [1.82, 2.24) is 4.90 Å². The molecule has 0 aromatic heterocycles. The minimum absolute atomic E-state index is 0.0561. The van der Waals surface area contributed by atoms with Crippen LogP contribution in [0.4, 0.5) is 11.4 Å². The van der Waals surface area contributed by atoms with Gasteiger partial charge in [0.2, 0.25) is 5.91 Å². The molecule has 2 aromatic rings. The fourth-order valence-electron chi connectivity index (χ4n) is 5.32. The molecule has 0 aliphatic carbocycles. The van der Waals surface area contributed by atoms with E-state index in [1.165, 1.54) is 0 Å². The number of hydrogen-bond acceptors (Lipinski definition) is 3. The average molecular weight is 494 g/mol. The zero-order chi connectivity index (χ0) is 26.3. The maximum absolute atomic E-state index is 13.3. The Morgan fingerprint density at radius 3 is 2.03 bits per heavy atom. The number of nitrogens with zero attached hydrogens (tertiary/aromatic N) is 2. The molecular weight excluding hydrogens is 448 g/mol. The summed E-state index contributed by atoms with van der Waals surface area (Å²) in [5, 5.41) is 6.36. The summed E-state index contributed by atoms with van der Waals surface area (Å²) in [7, 11) is 2.16. The zero-order valence-corrected chi connectivity index (χ0v) is 23.1. The number of hydrogen-bond donors (Lipinski definition) is 2. The van der Waals surface area contributed by atoms with Gasteiger partial charge < -0.3 is 15.1 Å². The number of quaternary nitrogens is 1. The first-order valence-corrected chi connectivity index (χ1v) is 13.4. The highest BCUT2D eigenvalue weighted by molar-refractivity contribution is 5.96. The van der Waals surface area contributed by atoms with Gasteiger partial charge in [-0.25, -0.2) is 0 Å². The average Bonchev–Trinajstić information content (AvgIpc) is 2.84. The van der Waals surface area contributed by atoms with Crippen molar-refractivity contribution in [3.63, 3.8) is 0 Å². The highest BCUT2D eigenvalue weighted by Crippen LogP contribution is 2.24. The molecule has 2 aromatic carbocycles. The largest absolute Gasteiger partial charge is 0.324 e. The van der Waals surface area contributed by atoms with Gasteiger partial charge in [0.1, 0.15) is 0 Å². The molecular formula is C30H45N4O2+. The van der Waals surface area contributed by atoms with E-state index in [1.807, 2.05) is 64.1 Å². The summed E-state index contributed by atoms with van der Waals surface area (Å²) in [6, 6.07) is 12.1. The molecule has 1 aliphatic rings. The van der Waals surface area contributed by atoms with Crippen molar-refractivity contribution in [2.75, 3.05) is 50.4 Å². The predicted molar refractivity (Wildman–Crippen MR) is 149 cm³/mol. The van der Waals surface area contributed by atoms with Crippen molar-refractivity contribution in [2.45, 2.75) is 66.3 Å². The lowest BCUT2D eigenvalue weighted by Crippen LogP contribution is -2.51. The topological polar surface area (TPSA) is 61.4 Å². The van der Waals surface area contributed by atoms with Crippen LogP contribution in [0, 0.1) is 27.7 Å². The van der Waals surface area contributed by atoms with Gasteiger partial charge in [-0.05, 0) is 76.3 Å². The van der Waals surface area contributed by atoms with Crippen LogP contribution in [0.3, 0.4) is 0 Å². The Hall–Kier alpha value is -2.70. The lowest BCUT2D eigenvalue weighted by atomic mass is 10.00. The maximum atomic E-state index is 13.3. The molecule has 1 heterocycles. The molecule has 1 unspecified atom stereocenters. The summed E-state index contributed by atoms with van der Waals surface area (Å²) in [4.78, 5) is 28.5. The van der Waals surface area contributed by atoms with Crippen LogP contribution in [0.1, 0.15) is 54.9 Å². The number of aryl methyl sites for hydroxylation is 4. The van der Waals surface area contributed by atoms with E-state index < -0.39 is 0 Å². The number of para-hydroxylation sites is 2. The summed E-state index contributed by atoms with van der Waals surface area (Å²) in [5.74, 6) is 0.161. The fraction of sp³-hybridized carbons (Fsp3) is 0.533. The zero-order valence-electron chi connectivity index (χ0n) is 23.1. The molecule has 1 fully saturated rings. The Labute approximate surface area is 217 Å². The number of piperidine rings is 1. The van der Waals surface area contributed by atoms with Crippen LogP contribution in [-0.2, 0) is 9.59 Å². The van der Waals surface area contributed by atoms with E-state index in [0.29, 0.717) is 11.0 Å². The summed E-state index contributed by atoms with van der Waals surface area (Å²) >= 11 is 0. The van der Waals surface area contributed by atoms with E-state index in [2.05, 4.69) is 29.5 Å². The number of carbonyl (C=O) groups is 2. The lowest BCUT2D eigenvalue weighted by molar-refractivity contribution is -0.900. The first-order chi connectivity index (χ1) is 17.1. The summed E-state index contributed by atoms with van der Waals surface area (Å²) < 4.78 is 0.684. The summed E-state index contributed by atoms with van der Waals surface area (Å²) in [6.45, 7) is 14.3. The molecule has 1 aliphatic heterocycles. The molecule has 2 atom stereocenters. The number of anilines is 2. The van der Waals surface area contributed by atoms with E-state index in [-0.39, 0.29) is 17.9 Å². The SMILES string of the molecule is CC[N+](C)(CCCN1CCCC[C@@H]1C(=O)Nc1c(C)cccc1C)CC(=O)Nc1c(C)cccc1C. The van der Waals surface area contributed by atoms with Gasteiger partial charge in [-0.15, -0.1) is 0 Å². The van der Waals surface area contributed by atoms with Gasteiger partial charge >= 0.3 is 0 Å². The molecule has 6 heteroatoms. The number of likely N-dealkylation sites (N-methyl/N-ethyl adjacent to an activating group) is 1. The summed E-state index contributed by atoms with van der Waals surface area (Å²) in [5.41, 5.74) is 6.24. The van der Waals surface area contributed by atoms with Crippen LogP contribution in [0.15, 0.2) is 36.4 Å². The minimum Gasteiger partial charge on any atom is -0.324 e. The molecule has 196 valence electrons. The van der Waals surface area contributed by atoms with E-state index in [1.54, 1.807) is 0 Å². The second-order valence-corrected chi connectivity index (χ2v) is 10.8. The Morgan fingerprint density at radius 2 is 1.47 bits per heavy atom. The lowest BCUT2D eigenvalue weighted by Gasteiger charge is -2.37. The van der Waals surface area contributed by atoms with Gasteiger partial charge in [0.05, 0.1) is 26.2 Å². The number of rotatable bonds is 10. The third-order valence-corrected chi connectivity index (χ3v) is 7.82. The molecule has 0 saturated carbocycles. The molecule has 36 heavy (non-hydrogen) atoms. The molecule has 6 nitrogen and oxygen atoms in total. The normalized spacial score (nSPS) is 17.9. The Bertz CT molecular complexity index is 1030. The Morgan fingerprint density at radius 1 is 0.917 bits per heavy atom. The van der Waals surface area contributed by atoms with E-state index in [9.17, 15) is 9.59 Å². The van der Waals surface area contributed by atoms with E-state index in [4.69, 9.17) is 0 Å². The van der Waals surface area contributed by atoms with Crippen molar-refractivity contribution in [3.05, 3.63) is 58.7 Å². The Balaban J connectivity index is 1.57. The first kappa shape index (κ1) is 27.9. The number of benzene rings is 2. The third kappa shape index (κ3) is 7.17. The third-order valence-electron chi connectivity index (χ3n) is 7.82. The van der Waals surface area contributed by atoms with Crippen LogP contribution in [0.25, 0.3) is 0 Å². The van der Waals surface area contributed by atoms with Gasteiger partial charge in [-0.2, -0.15) is 0 Å². The first-order valence-electron chi connectivity index (χ1n) is 13.4. The number of likely N-dealkylation sites (tertiary alicyclic amines) is 1. The van der Waals surface area contributed by atoms with Crippen LogP contribution >= 0.6 is 0 Å². The van der Waals surface area contributed by atoms with E-state index in [0.717, 1.165) is 85.5 Å². The minimum atomic E-state index is -0.0922. The number of amides is 2. The molecule has 0 radical (unpaired) electrons. The second-order valence-electron chi connectivity index (χ2n) is 10.8. The highest BCUT2D eigenvalue weighted by atomic mass is 16.2. The van der Waals surface area contributed by atoms with Crippen LogP contribution < -0.4 is 10.6 Å². The number of nitrogens with one attached hydrogen (secondary N) is 2. The quantitative estimate of drug-likeness (QED) is 0.447. The molecule has 2 N–H and O–H groups in total. The van der Waals surface area contributed by atoms with Gasteiger partial charge in [0, 0.05) is 24.3 Å². The monoisotopic (exact) mass is 493 g/mol. The molecule has 3 rings (SSSR count). The molecule has 0 spiro atoms.